The third-order valence-corrected chi connectivity index (χ3v) is 4.24. The van der Waals surface area contributed by atoms with Crippen LogP contribution >= 0.6 is 23.3 Å². The quantitative estimate of drug-likeness (QED) is 0.790. The standard InChI is InChI=1S/C13H17N3OS2/c1-3-7-14-13-12(15-16-19-13)9-18-11-6-4-5-10(8-11)17-2/h4-6,8,14H,3,7,9H2,1-2H3. The minimum atomic E-state index is 0.815. The maximum absolute atomic E-state index is 5.22. The van der Waals surface area contributed by atoms with Crippen LogP contribution in [0.3, 0.4) is 0 Å². The predicted molar refractivity (Wildman–Crippen MR) is 81.2 cm³/mol. The van der Waals surface area contributed by atoms with Gasteiger partial charge in [0.2, 0.25) is 0 Å². The van der Waals surface area contributed by atoms with E-state index in [-0.39, 0.29) is 0 Å². The van der Waals surface area contributed by atoms with Crippen molar-refractivity contribution in [2.45, 2.75) is 24.0 Å². The molecule has 1 heterocycles. The van der Waals surface area contributed by atoms with Gasteiger partial charge in [-0.1, -0.05) is 17.5 Å². The largest absolute Gasteiger partial charge is 0.497 e. The molecule has 0 fully saturated rings. The van der Waals surface area contributed by atoms with Crippen LogP contribution in [0.1, 0.15) is 19.0 Å². The maximum Gasteiger partial charge on any atom is 0.134 e. The molecule has 0 saturated carbocycles. The van der Waals surface area contributed by atoms with Gasteiger partial charge in [-0.25, -0.2) is 0 Å². The number of rotatable bonds is 7. The summed E-state index contributed by atoms with van der Waals surface area (Å²) in [6.45, 7) is 3.10. The van der Waals surface area contributed by atoms with Crippen molar-refractivity contribution in [3.8, 4) is 5.75 Å². The Morgan fingerprint density at radius 3 is 3.11 bits per heavy atom. The lowest BCUT2D eigenvalue weighted by molar-refractivity contribution is 0.413. The summed E-state index contributed by atoms with van der Waals surface area (Å²) in [7, 11) is 1.68. The molecule has 0 unspecified atom stereocenters. The highest BCUT2D eigenvalue weighted by molar-refractivity contribution is 7.98. The fourth-order valence-electron chi connectivity index (χ4n) is 1.52. The van der Waals surface area contributed by atoms with Gasteiger partial charge in [-0.05, 0) is 24.6 Å². The van der Waals surface area contributed by atoms with Crippen LogP contribution in [0.4, 0.5) is 5.00 Å². The fraction of sp³-hybridized carbons (Fsp3) is 0.385. The Morgan fingerprint density at radius 1 is 1.42 bits per heavy atom. The second-order valence-corrected chi connectivity index (χ2v) is 5.75. The van der Waals surface area contributed by atoms with Gasteiger partial charge in [-0.3, -0.25) is 0 Å². The first-order valence-corrected chi connectivity index (χ1v) is 7.91. The van der Waals surface area contributed by atoms with E-state index in [2.05, 4.69) is 27.9 Å². The molecule has 0 radical (unpaired) electrons. The summed E-state index contributed by atoms with van der Waals surface area (Å²) in [6.07, 6.45) is 1.10. The van der Waals surface area contributed by atoms with E-state index >= 15 is 0 Å². The van der Waals surface area contributed by atoms with Crippen molar-refractivity contribution < 1.29 is 4.74 Å². The highest BCUT2D eigenvalue weighted by atomic mass is 32.2. The van der Waals surface area contributed by atoms with Crippen LogP contribution < -0.4 is 10.1 Å². The summed E-state index contributed by atoms with van der Waals surface area (Å²) in [6, 6.07) is 8.05. The van der Waals surface area contributed by atoms with Gasteiger partial charge in [-0.2, -0.15) is 0 Å². The van der Waals surface area contributed by atoms with Crippen molar-refractivity contribution in [2.75, 3.05) is 19.0 Å². The SMILES string of the molecule is CCCNc1snnc1CSc1cccc(OC)c1. The summed E-state index contributed by atoms with van der Waals surface area (Å²) in [4.78, 5) is 1.17. The molecule has 0 aliphatic carbocycles. The third-order valence-electron chi connectivity index (χ3n) is 2.51. The Labute approximate surface area is 121 Å². The highest BCUT2D eigenvalue weighted by Crippen LogP contribution is 2.29. The number of thioether (sulfide) groups is 1. The van der Waals surface area contributed by atoms with Crippen molar-refractivity contribution in [1.82, 2.24) is 9.59 Å². The molecule has 1 aromatic carbocycles. The average Bonchev–Trinajstić information content (AvgIpc) is 2.90. The van der Waals surface area contributed by atoms with E-state index < -0.39 is 0 Å². The van der Waals surface area contributed by atoms with E-state index in [9.17, 15) is 0 Å². The molecule has 0 saturated heterocycles. The number of nitrogens with one attached hydrogen (secondary N) is 1. The van der Waals surface area contributed by atoms with Gasteiger partial charge in [-0.15, -0.1) is 16.9 Å². The molecule has 0 spiro atoms. The summed E-state index contributed by atoms with van der Waals surface area (Å²) < 4.78 is 9.23. The normalized spacial score (nSPS) is 10.4. The number of aromatic nitrogens is 2. The van der Waals surface area contributed by atoms with Crippen LogP contribution in [0.15, 0.2) is 29.2 Å². The minimum Gasteiger partial charge on any atom is -0.497 e. The fourth-order valence-corrected chi connectivity index (χ4v) is 3.10. The number of anilines is 1. The summed E-state index contributed by atoms with van der Waals surface area (Å²) >= 11 is 3.16. The zero-order valence-corrected chi connectivity index (χ0v) is 12.7. The van der Waals surface area contributed by atoms with Crippen LogP contribution in [0, 0.1) is 0 Å². The molecule has 0 aliphatic heterocycles. The molecule has 0 aliphatic rings. The zero-order chi connectivity index (χ0) is 13.5. The molecule has 4 nitrogen and oxygen atoms in total. The number of hydrogen-bond acceptors (Lipinski definition) is 6. The van der Waals surface area contributed by atoms with Crippen LogP contribution in [-0.2, 0) is 5.75 Å². The van der Waals surface area contributed by atoms with Crippen molar-refractivity contribution in [1.29, 1.82) is 0 Å². The number of benzene rings is 1. The topological polar surface area (TPSA) is 47.0 Å². The molecule has 6 heteroatoms. The van der Waals surface area contributed by atoms with Gasteiger partial charge in [0.25, 0.3) is 0 Å². The molecular weight excluding hydrogens is 278 g/mol. The number of hydrogen-bond donors (Lipinski definition) is 1. The Bertz CT molecular complexity index is 516. The smallest absolute Gasteiger partial charge is 0.134 e. The maximum atomic E-state index is 5.22. The molecular formula is C13H17N3OS2. The molecule has 2 aromatic rings. The number of ether oxygens (including phenoxy) is 1. The van der Waals surface area contributed by atoms with Crippen molar-refractivity contribution in [3.63, 3.8) is 0 Å². The van der Waals surface area contributed by atoms with Gasteiger partial charge in [0.05, 0.1) is 7.11 Å². The van der Waals surface area contributed by atoms with Crippen LogP contribution in [-0.4, -0.2) is 23.2 Å². The third kappa shape index (κ3) is 4.11. The highest BCUT2D eigenvalue weighted by Gasteiger charge is 2.08. The second kappa shape index (κ2) is 7.35. The molecule has 2 rings (SSSR count). The molecule has 1 N–H and O–H groups in total. The van der Waals surface area contributed by atoms with E-state index in [0.29, 0.717) is 0 Å². The van der Waals surface area contributed by atoms with Crippen molar-refractivity contribution >= 4 is 28.3 Å². The molecule has 0 atom stereocenters. The van der Waals surface area contributed by atoms with E-state index in [0.717, 1.165) is 35.2 Å². The van der Waals surface area contributed by atoms with Crippen molar-refractivity contribution in [2.24, 2.45) is 0 Å². The second-order valence-electron chi connectivity index (χ2n) is 3.94. The number of nitrogens with zero attached hydrogens (tertiary/aromatic N) is 2. The zero-order valence-electron chi connectivity index (χ0n) is 11.0. The summed E-state index contributed by atoms with van der Waals surface area (Å²) in [5, 5.41) is 8.62. The first kappa shape index (κ1) is 14.1. The average molecular weight is 295 g/mol. The Hall–Kier alpha value is -1.27. The van der Waals surface area contributed by atoms with Gasteiger partial charge in [0, 0.05) is 28.7 Å². The summed E-state index contributed by atoms with van der Waals surface area (Å²) in [5.74, 6) is 1.70. The molecule has 0 bridgehead atoms. The first-order chi connectivity index (χ1) is 9.33. The van der Waals surface area contributed by atoms with Crippen LogP contribution in [0.2, 0.25) is 0 Å². The Balaban J connectivity index is 1.96. The lowest BCUT2D eigenvalue weighted by Crippen LogP contribution is -2.00. The first-order valence-electron chi connectivity index (χ1n) is 6.15. The lowest BCUT2D eigenvalue weighted by Gasteiger charge is -2.05. The number of methoxy groups -OCH3 is 1. The van der Waals surface area contributed by atoms with E-state index in [1.165, 1.54) is 16.4 Å². The van der Waals surface area contributed by atoms with Crippen molar-refractivity contribution in [3.05, 3.63) is 30.0 Å². The molecule has 0 amide bonds. The molecule has 19 heavy (non-hydrogen) atoms. The Kier molecular flexibility index (Phi) is 5.47. The molecule has 1 aromatic heterocycles. The van der Waals surface area contributed by atoms with Gasteiger partial charge in [0.1, 0.15) is 16.4 Å². The monoisotopic (exact) mass is 295 g/mol. The molecule has 102 valence electrons. The lowest BCUT2D eigenvalue weighted by atomic mass is 10.3. The predicted octanol–water partition coefficient (Wildman–Crippen LogP) is 3.66. The van der Waals surface area contributed by atoms with E-state index in [1.807, 2.05) is 18.2 Å². The summed E-state index contributed by atoms with van der Waals surface area (Å²) in [5.41, 5.74) is 1.02. The van der Waals surface area contributed by atoms with Gasteiger partial charge in [0.15, 0.2) is 0 Å². The van der Waals surface area contributed by atoms with E-state index in [4.69, 9.17) is 4.74 Å². The van der Waals surface area contributed by atoms with Crippen LogP contribution in [0.25, 0.3) is 0 Å². The van der Waals surface area contributed by atoms with Gasteiger partial charge >= 0.3 is 0 Å². The minimum absolute atomic E-state index is 0.815. The van der Waals surface area contributed by atoms with E-state index in [1.54, 1.807) is 18.9 Å². The van der Waals surface area contributed by atoms with Gasteiger partial charge < -0.3 is 10.1 Å². The Morgan fingerprint density at radius 2 is 2.32 bits per heavy atom. The van der Waals surface area contributed by atoms with Crippen LogP contribution in [0.5, 0.6) is 5.75 Å².